The number of hydrogen-bond acceptors (Lipinski definition) is 2. The van der Waals surface area contributed by atoms with Crippen molar-refractivity contribution >= 4 is 11.0 Å². The molecule has 2 aromatic rings. The molecule has 0 fully saturated rings. The molecule has 0 spiro atoms. The van der Waals surface area contributed by atoms with Crippen molar-refractivity contribution in [3.8, 4) is 0 Å². The summed E-state index contributed by atoms with van der Waals surface area (Å²) >= 11 is 0. The molecule has 0 amide bonds. The minimum absolute atomic E-state index is 0.0706. The minimum Gasteiger partial charge on any atom is -0.392 e. The van der Waals surface area contributed by atoms with Gasteiger partial charge in [0.15, 0.2) is 0 Å². The Morgan fingerprint density at radius 3 is 2.86 bits per heavy atom. The van der Waals surface area contributed by atoms with Crippen molar-refractivity contribution < 1.29 is 5.11 Å². The average molecular weight is 190 g/mol. The Morgan fingerprint density at radius 1 is 1.43 bits per heavy atom. The van der Waals surface area contributed by atoms with Gasteiger partial charge in [0, 0.05) is 23.8 Å². The molecule has 14 heavy (non-hydrogen) atoms. The molecule has 0 aliphatic heterocycles. The second-order valence-corrected chi connectivity index (χ2v) is 3.68. The number of rotatable bonds is 2. The third-order valence-corrected chi connectivity index (χ3v) is 2.43. The van der Waals surface area contributed by atoms with Gasteiger partial charge in [0.25, 0.3) is 0 Å². The SMILES string of the molecule is CC(C)n1ccc2c(CO)ccnc21. The van der Waals surface area contributed by atoms with E-state index in [2.05, 4.69) is 23.4 Å². The number of aliphatic hydroxyl groups excluding tert-OH is 1. The quantitative estimate of drug-likeness (QED) is 0.787. The molecule has 1 N–H and O–H groups in total. The normalized spacial score (nSPS) is 11.4. The van der Waals surface area contributed by atoms with Crippen molar-refractivity contribution in [2.75, 3.05) is 0 Å². The summed E-state index contributed by atoms with van der Waals surface area (Å²) in [5, 5.41) is 10.2. The van der Waals surface area contributed by atoms with Gasteiger partial charge in [-0.15, -0.1) is 0 Å². The molecule has 2 aromatic heterocycles. The fraction of sp³-hybridized carbons (Fsp3) is 0.364. The smallest absolute Gasteiger partial charge is 0.140 e. The van der Waals surface area contributed by atoms with Crippen molar-refractivity contribution in [2.45, 2.75) is 26.5 Å². The molecule has 2 rings (SSSR count). The van der Waals surface area contributed by atoms with Crippen molar-refractivity contribution in [3.05, 3.63) is 30.1 Å². The van der Waals surface area contributed by atoms with Crippen molar-refractivity contribution in [2.24, 2.45) is 0 Å². The van der Waals surface area contributed by atoms with Gasteiger partial charge in [0.1, 0.15) is 5.65 Å². The van der Waals surface area contributed by atoms with E-state index in [1.807, 2.05) is 18.3 Å². The molecule has 0 atom stereocenters. The van der Waals surface area contributed by atoms with E-state index in [4.69, 9.17) is 5.11 Å². The van der Waals surface area contributed by atoms with Crippen LogP contribution >= 0.6 is 0 Å². The summed E-state index contributed by atoms with van der Waals surface area (Å²) in [7, 11) is 0. The van der Waals surface area contributed by atoms with Crippen LogP contribution in [-0.4, -0.2) is 14.7 Å². The molecule has 0 bridgehead atoms. The lowest BCUT2D eigenvalue weighted by Gasteiger charge is -2.08. The Bertz CT molecular complexity index is 445. The van der Waals surface area contributed by atoms with E-state index in [0.29, 0.717) is 6.04 Å². The second kappa shape index (κ2) is 3.42. The van der Waals surface area contributed by atoms with E-state index in [1.165, 1.54) is 0 Å². The van der Waals surface area contributed by atoms with Gasteiger partial charge in [-0.1, -0.05) is 0 Å². The zero-order chi connectivity index (χ0) is 10.1. The van der Waals surface area contributed by atoms with Gasteiger partial charge in [0.2, 0.25) is 0 Å². The third kappa shape index (κ3) is 1.30. The zero-order valence-electron chi connectivity index (χ0n) is 8.44. The maximum absolute atomic E-state index is 9.15. The van der Waals surface area contributed by atoms with Gasteiger partial charge in [0.05, 0.1) is 6.61 Å². The number of fused-ring (bicyclic) bond motifs is 1. The number of aromatic nitrogens is 2. The van der Waals surface area contributed by atoms with E-state index in [0.717, 1.165) is 16.6 Å². The Balaban J connectivity index is 2.69. The standard InChI is InChI=1S/C11H14N2O/c1-8(2)13-6-4-10-9(7-14)3-5-12-11(10)13/h3-6,8,14H,7H2,1-2H3. The first kappa shape index (κ1) is 9.21. The summed E-state index contributed by atoms with van der Waals surface area (Å²) in [6.07, 6.45) is 3.76. The highest BCUT2D eigenvalue weighted by Crippen LogP contribution is 2.20. The van der Waals surface area contributed by atoms with Crippen LogP contribution in [0.3, 0.4) is 0 Å². The Labute approximate surface area is 83.0 Å². The molecular weight excluding hydrogens is 176 g/mol. The first-order valence-corrected chi connectivity index (χ1v) is 4.79. The van der Waals surface area contributed by atoms with E-state index >= 15 is 0 Å². The molecule has 0 saturated carbocycles. The summed E-state index contributed by atoms with van der Waals surface area (Å²) in [6.45, 7) is 4.31. The highest BCUT2D eigenvalue weighted by Gasteiger charge is 2.07. The molecule has 2 heterocycles. The van der Waals surface area contributed by atoms with Crippen LogP contribution in [-0.2, 0) is 6.61 Å². The monoisotopic (exact) mass is 190 g/mol. The highest BCUT2D eigenvalue weighted by molar-refractivity contribution is 5.79. The summed E-state index contributed by atoms with van der Waals surface area (Å²) < 4.78 is 2.11. The molecular formula is C11H14N2O. The molecule has 3 heteroatoms. The van der Waals surface area contributed by atoms with E-state index in [1.54, 1.807) is 6.20 Å². The molecule has 0 radical (unpaired) electrons. The van der Waals surface area contributed by atoms with Crippen LogP contribution in [0.1, 0.15) is 25.5 Å². The predicted octanol–water partition coefficient (Wildman–Crippen LogP) is 2.11. The summed E-state index contributed by atoms with van der Waals surface area (Å²) in [5.41, 5.74) is 1.89. The Morgan fingerprint density at radius 2 is 2.21 bits per heavy atom. The maximum atomic E-state index is 9.15. The molecule has 3 nitrogen and oxygen atoms in total. The van der Waals surface area contributed by atoms with Crippen LogP contribution in [0.15, 0.2) is 24.5 Å². The zero-order valence-corrected chi connectivity index (χ0v) is 8.44. The molecule has 74 valence electrons. The highest BCUT2D eigenvalue weighted by atomic mass is 16.3. The van der Waals surface area contributed by atoms with Crippen LogP contribution in [0.25, 0.3) is 11.0 Å². The lowest BCUT2D eigenvalue weighted by Crippen LogP contribution is -1.99. The van der Waals surface area contributed by atoms with E-state index < -0.39 is 0 Å². The van der Waals surface area contributed by atoms with Gasteiger partial charge in [-0.2, -0.15) is 0 Å². The number of aliphatic hydroxyl groups is 1. The molecule has 0 unspecified atom stereocenters. The summed E-state index contributed by atoms with van der Waals surface area (Å²) in [5.74, 6) is 0. The van der Waals surface area contributed by atoms with Gasteiger partial charge in [-0.05, 0) is 31.5 Å². The second-order valence-electron chi connectivity index (χ2n) is 3.68. The lowest BCUT2D eigenvalue weighted by atomic mass is 10.2. The summed E-state index contributed by atoms with van der Waals surface area (Å²) in [6, 6.07) is 4.26. The van der Waals surface area contributed by atoms with Gasteiger partial charge < -0.3 is 9.67 Å². The topological polar surface area (TPSA) is 38.0 Å². The average Bonchev–Trinajstić information content (AvgIpc) is 2.60. The maximum Gasteiger partial charge on any atom is 0.140 e. The molecule has 0 aromatic carbocycles. The fourth-order valence-corrected chi connectivity index (χ4v) is 1.67. The van der Waals surface area contributed by atoms with E-state index in [-0.39, 0.29) is 6.61 Å². The first-order valence-electron chi connectivity index (χ1n) is 4.79. The third-order valence-electron chi connectivity index (χ3n) is 2.43. The van der Waals surface area contributed by atoms with Crippen molar-refractivity contribution in [3.63, 3.8) is 0 Å². The van der Waals surface area contributed by atoms with Crippen LogP contribution in [0, 0.1) is 0 Å². The van der Waals surface area contributed by atoms with Gasteiger partial charge in [-0.3, -0.25) is 0 Å². The molecule has 0 aliphatic rings. The Hall–Kier alpha value is -1.35. The Kier molecular flexibility index (Phi) is 2.25. The van der Waals surface area contributed by atoms with Gasteiger partial charge in [-0.25, -0.2) is 4.98 Å². The van der Waals surface area contributed by atoms with Crippen molar-refractivity contribution in [1.82, 2.24) is 9.55 Å². The van der Waals surface area contributed by atoms with E-state index in [9.17, 15) is 0 Å². The van der Waals surface area contributed by atoms with Crippen LogP contribution in [0.4, 0.5) is 0 Å². The van der Waals surface area contributed by atoms with Crippen LogP contribution < -0.4 is 0 Å². The fourth-order valence-electron chi connectivity index (χ4n) is 1.67. The number of pyridine rings is 1. The van der Waals surface area contributed by atoms with Gasteiger partial charge >= 0.3 is 0 Å². The number of hydrogen-bond donors (Lipinski definition) is 1. The van der Waals surface area contributed by atoms with Crippen LogP contribution in [0.2, 0.25) is 0 Å². The van der Waals surface area contributed by atoms with Crippen molar-refractivity contribution in [1.29, 1.82) is 0 Å². The lowest BCUT2D eigenvalue weighted by molar-refractivity contribution is 0.283. The largest absolute Gasteiger partial charge is 0.392 e. The molecule has 0 saturated heterocycles. The predicted molar refractivity (Wildman–Crippen MR) is 56.0 cm³/mol. The summed E-state index contributed by atoms with van der Waals surface area (Å²) in [4.78, 5) is 4.32. The number of nitrogens with zero attached hydrogens (tertiary/aromatic N) is 2. The first-order chi connectivity index (χ1) is 6.74. The van der Waals surface area contributed by atoms with Crippen LogP contribution in [0.5, 0.6) is 0 Å². The minimum atomic E-state index is 0.0706. The molecule has 0 aliphatic carbocycles.